The van der Waals surface area contributed by atoms with Gasteiger partial charge in [0.05, 0.1) is 13.2 Å². The molecule has 0 unspecified atom stereocenters. The highest BCUT2D eigenvalue weighted by Crippen LogP contribution is 2.35. The van der Waals surface area contributed by atoms with Crippen LogP contribution in [0, 0.1) is 13.8 Å². The van der Waals surface area contributed by atoms with Crippen LogP contribution in [0.5, 0.6) is 0 Å². The molecule has 0 spiro atoms. The van der Waals surface area contributed by atoms with Crippen molar-refractivity contribution < 1.29 is 19.1 Å². The van der Waals surface area contributed by atoms with Crippen LogP contribution in [0.2, 0.25) is 0 Å². The van der Waals surface area contributed by atoms with E-state index in [1.165, 1.54) is 10.7 Å². The fourth-order valence-electron chi connectivity index (χ4n) is 4.73. The maximum absolute atomic E-state index is 13.7. The van der Waals surface area contributed by atoms with Gasteiger partial charge in [-0.25, -0.2) is 4.79 Å². The van der Waals surface area contributed by atoms with Crippen molar-refractivity contribution in [2.24, 2.45) is 0 Å². The van der Waals surface area contributed by atoms with Crippen LogP contribution in [-0.2, 0) is 16.1 Å². The number of benzene rings is 1. The van der Waals surface area contributed by atoms with Crippen molar-refractivity contribution >= 4 is 23.5 Å². The number of anilines is 1. The lowest BCUT2D eigenvalue weighted by molar-refractivity contribution is -0.127. The van der Waals surface area contributed by atoms with E-state index in [-0.39, 0.29) is 42.4 Å². The van der Waals surface area contributed by atoms with Crippen LogP contribution >= 0.6 is 0 Å². The Kier molecular flexibility index (Phi) is 5.79. The number of hydrogen-bond donors (Lipinski definition) is 1. The Morgan fingerprint density at radius 1 is 1.22 bits per heavy atom. The number of rotatable bonds is 5. The first-order valence-electron chi connectivity index (χ1n) is 11.2. The van der Waals surface area contributed by atoms with Crippen molar-refractivity contribution in [3.8, 4) is 0 Å². The molecule has 1 atom stereocenters. The number of carbonyl (C=O) groups excluding carboxylic acids is 3. The van der Waals surface area contributed by atoms with E-state index in [1.54, 1.807) is 18.7 Å². The molecule has 0 bridgehead atoms. The first-order valence-corrected chi connectivity index (χ1v) is 11.2. The first-order chi connectivity index (χ1) is 15.2. The summed E-state index contributed by atoms with van der Waals surface area (Å²) >= 11 is 0. The van der Waals surface area contributed by atoms with Gasteiger partial charge in [0.25, 0.3) is 5.91 Å². The fourth-order valence-corrected chi connectivity index (χ4v) is 4.73. The van der Waals surface area contributed by atoms with E-state index in [2.05, 4.69) is 10.4 Å². The Labute approximate surface area is 187 Å². The van der Waals surface area contributed by atoms with Crippen LogP contribution < -0.4 is 10.2 Å². The van der Waals surface area contributed by atoms with Gasteiger partial charge in [-0.3, -0.25) is 19.2 Å². The summed E-state index contributed by atoms with van der Waals surface area (Å²) in [6, 6.07) is 7.37. The fraction of sp³-hybridized carbons (Fsp3) is 0.500. The minimum Gasteiger partial charge on any atom is -0.461 e. The van der Waals surface area contributed by atoms with Gasteiger partial charge in [0.2, 0.25) is 5.91 Å². The van der Waals surface area contributed by atoms with Gasteiger partial charge >= 0.3 is 5.97 Å². The van der Waals surface area contributed by atoms with E-state index in [4.69, 9.17) is 4.74 Å². The number of nitrogens with one attached hydrogen (secondary N) is 1. The van der Waals surface area contributed by atoms with Crippen molar-refractivity contribution in [3.05, 3.63) is 46.8 Å². The Bertz CT molecular complexity index is 1070. The number of aryl methyl sites for hydroxylation is 2. The predicted molar refractivity (Wildman–Crippen MR) is 120 cm³/mol. The van der Waals surface area contributed by atoms with E-state index in [0.29, 0.717) is 5.69 Å². The van der Waals surface area contributed by atoms with Crippen molar-refractivity contribution in [1.82, 2.24) is 15.1 Å². The molecule has 2 aromatic rings. The van der Waals surface area contributed by atoms with Gasteiger partial charge in [-0.05, 0) is 52.2 Å². The van der Waals surface area contributed by atoms with Crippen LogP contribution in [0.25, 0.3) is 0 Å². The van der Waals surface area contributed by atoms with E-state index >= 15 is 0 Å². The van der Waals surface area contributed by atoms with E-state index in [0.717, 1.165) is 36.8 Å². The molecule has 1 saturated carbocycles. The maximum Gasteiger partial charge on any atom is 0.358 e. The molecular weight excluding hydrogens is 408 g/mol. The van der Waals surface area contributed by atoms with Gasteiger partial charge in [-0.15, -0.1) is 0 Å². The van der Waals surface area contributed by atoms with Gasteiger partial charge in [0.15, 0.2) is 5.69 Å². The predicted octanol–water partition coefficient (Wildman–Crippen LogP) is 3.15. The normalized spacial score (nSPS) is 20.9. The molecule has 4 rings (SSSR count). The number of fused-ring (bicyclic) bond motifs is 1. The summed E-state index contributed by atoms with van der Waals surface area (Å²) < 4.78 is 6.51. The lowest BCUT2D eigenvalue weighted by atomic mass is 9.92. The summed E-state index contributed by atoms with van der Waals surface area (Å²) in [5.41, 5.74) is 1.77. The molecule has 0 radical (unpaired) electrons. The number of nitrogens with zero attached hydrogens (tertiary/aromatic N) is 3. The van der Waals surface area contributed by atoms with Crippen LogP contribution in [0.4, 0.5) is 5.69 Å². The average Bonchev–Trinajstić information content (AvgIpc) is 3.39. The molecule has 0 saturated heterocycles. The second kappa shape index (κ2) is 8.41. The Hall–Kier alpha value is -3.16. The largest absolute Gasteiger partial charge is 0.461 e. The molecule has 1 aliphatic heterocycles. The molecule has 1 aromatic carbocycles. The summed E-state index contributed by atoms with van der Waals surface area (Å²) in [6.45, 7) is 7.75. The molecule has 8 nitrogen and oxygen atoms in total. The van der Waals surface area contributed by atoms with Gasteiger partial charge < -0.3 is 10.1 Å². The molecule has 2 amide bonds. The lowest BCUT2D eigenvalue weighted by Crippen LogP contribution is -2.65. The molecule has 1 aromatic heterocycles. The number of carbonyl (C=O) groups is 3. The van der Waals surface area contributed by atoms with Crippen LogP contribution in [0.3, 0.4) is 0 Å². The number of esters is 1. The topological polar surface area (TPSA) is 93.5 Å². The summed E-state index contributed by atoms with van der Waals surface area (Å²) in [5.74, 6) is -1.16. The molecule has 1 N–H and O–H groups in total. The van der Waals surface area contributed by atoms with Crippen molar-refractivity contribution in [1.29, 1.82) is 0 Å². The van der Waals surface area contributed by atoms with Crippen LogP contribution in [0.1, 0.15) is 71.6 Å². The highest BCUT2D eigenvalue weighted by molar-refractivity contribution is 6.12. The van der Waals surface area contributed by atoms with E-state index in [1.807, 2.05) is 32.0 Å². The summed E-state index contributed by atoms with van der Waals surface area (Å²) in [7, 11) is 0. The monoisotopic (exact) mass is 438 g/mol. The summed E-state index contributed by atoms with van der Waals surface area (Å²) in [6.07, 6.45) is 4.07. The number of amides is 2. The number of aromatic nitrogens is 2. The van der Waals surface area contributed by atoms with Gasteiger partial charge in [-0.2, -0.15) is 5.10 Å². The molecular formula is C24H30N4O4. The Morgan fingerprint density at radius 3 is 2.59 bits per heavy atom. The lowest BCUT2D eigenvalue weighted by Gasteiger charge is -2.44. The maximum atomic E-state index is 13.7. The third-order valence-electron chi connectivity index (χ3n) is 6.41. The van der Waals surface area contributed by atoms with Crippen LogP contribution in [0.15, 0.2) is 24.3 Å². The molecule has 32 heavy (non-hydrogen) atoms. The minimum absolute atomic E-state index is 0.0660. The second-order valence-corrected chi connectivity index (χ2v) is 8.95. The smallest absolute Gasteiger partial charge is 0.358 e. The van der Waals surface area contributed by atoms with Crippen molar-refractivity contribution in [2.45, 2.75) is 71.5 Å². The van der Waals surface area contributed by atoms with Gasteiger partial charge in [-0.1, -0.05) is 30.5 Å². The zero-order chi connectivity index (χ0) is 23.0. The zero-order valence-corrected chi connectivity index (χ0v) is 19.1. The summed E-state index contributed by atoms with van der Waals surface area (Å²) in [5, 5.41) is 7.46. The van der Waals surface area contributed by atoms with E-state index in [9.17, 15) is 14.4 Å². The highest BCUT2D eigenvalue weighted by Gasteiger charge is 2.50. The third kappa shape index (κ3) is 3.78. The van der Waals surface area contributed by atoms with Crippen molar-refractivity contribution in [2.75, 3.05) is 11.5 Å². The van der Waals surface area contributed by atoms with Crippen molar-refractivity contribution in [3.63, 3.8) is 0 Å². The van der Waals surface area contributed by atoms with E-state index < -0.39 is 11.5 Å². The quantitative estimate of drug-likeness (QED) is 0.724. The van der Waals surface area contributed by atoms with Gasteiger partial charge in [0, 0.05) is 17.8 Å². The Balaban J connectivity index is 1.79. The summed E-state index contributed by atoms with van der Waals surface area (Å²) in [4.78, 5) is 41.1. The second-order valence-electron chi connectivity index (χ2n) is 8.95. The molecule has 170 valence electrons. The molecule has 1 fully saturated rings. The molecule has 2 aliphatic rings. The minimum atomic E-state index is -1.20. The number of hydrogen-bond acceptors (Lipinski definition) is 5. The standard InChI is InChI=1S/C24H30N4O4/c1-5-32-22(30)18-13-20-21(29)28(19-11-10-15(2)12-16(19)3)24(4,14-27(20)26-18)23(31)25-17-8-6-7-9-17/h10-13,17H,5-9,14H2,1-4H3,(H,25,31)/t24-/m1/s1. The highest BCUT2D eigenvalue weighted by atomic mass is 16.5. The third-order valence-corrected chi connectivity index (χ3v) is 6.41. The molecule has 2 heterocycles. The average molecular weight is 439 g/mol. The van der Waals surface area contributed by atoms with Gasteiger partial charge in [0.1, 0.15) is 11.2 Å². The first kappa shape index (κ1) is 22.0. The number of ether oxygens (including phenoxy) is 1. The molecule has 1 aliphatic carbocycles. The zero-order valence-electron chi connectivity index (χ0n) is 19.1. The Morgan fingerprint density at radius 2 is 1.94 bits per heavy atom. The molecule has 8 heteroatoms. The van der Waals surface area contributed by atoms with Crippen LogP contribution in [-0.4, -0.2) is 45.8 Å². The SMILES string of the molecule is CCOC(=O)c1cc2n(n1)C[C@](C)(C(=O)NC1CCCC1)N(c1ccc(C)cc1C)C2=O.